The molecule has 0 radical (unpaired) electrons. The molecular formula is C25H27N5O3S. The van der Waals surface area contributed by atoms with Crippen molar-refractivity contribution in [3.05, 3.63) is 78.6 Å². The van der Waals surface area contributed by atoms with E-state index in [-0.39, 0.29) is 17.6 Å². The Bertz CT molecular complexity index is 1150. The Morgan fingerprint density at radius 3 is 2.62 bits per heavy atom. The standard InChI is InChI=1S/C25H27N5O3S/c1-29(15-16-6-3-2-4-7-16)24(33)19-14-20(31)22(32)21-23(19)34-25(28-21)27-17-8-10-18(11-9-17)30-13-5-12-26-30/h2-13,19-23,31-32H,14-15H2,1H3,(H,27,28)/t19-,20-,21-,22+,23-/m1/s1. The average molecular weight is 478 g/mol. The summed E-state index contributed by atoms with van der Waals surface area (Å²) in [6.07, 6.45) is 1.84. The fraction of sp³-hybridized carbons (Fsp3) is 0.320. The topological polar surface area (TPSA) is 103 Å². The lowest BCUT2D eigenvalue weighted by molar-refractivity contribution is -0.139. The van der Waals surface area contributed by atoms with Crippen molar-refractivity contribution in [2.45, 2.75) is 36.5 Å². The summed E-state index contributed by atoms with van der Waals surface area (Å²) < 4.78 is 1.78. The first-order valence-corrected chi connectivity index (χ1v) is 12.1. The fourth-order valence-electron chi connectivity index (χ4n) is 4.55. The molecule has 2 aliphatic rings. The number of aliphatic hydroxyl groups is 2. The van der Waals surface area contributed by atoms with Gasteiger partial charge in [-0.3, -0.25) is 9.79 Å². The van der Waals surface area contributed by atoms with E-state index in [1.807, 2.05) is 66.9 Å². The third-order valence-electron chi connectivity index (χ3n) is 6.33. The van der Waals surface area contributed by atoms with Crippen molar-refractivity contribution in [1.29, 1.82) is 0 Å². The van der Waals surface area contributed by atoms with Gasteiger partial charge in [-0.15, -0.1) is 0 Å². The number of aliphatic hydroxyl groups excluding tert-OH is 2. The zero-order chi connectivity index (χ0) is 23.7. The number of benzene rings is 2. The van der Waals surface area contributed by atoms with E-state index in [1.54, 1.807) is 22.8 Å². The predicted molar refractivity (Wildman–Crippen MR) is 133 cm³/mol. The number of hydrogen-bond donors (Lipinski definition) is 3. The van der Waals surface area contributed by atoms with Gasteiger partial charge in [-0.1, -0.05) is 42.1 Å². The molecule has 3 aromatic rings. The molecule has 34 heavy (non-hydrogen) atoms. The number of carbonyl (C=O) groups is 1. The van der Waals surface area contributed by atoms with Gasteiger partial charge in [0.05, 0.1) is 23.8 Å². The van der Waals surface area contributed by atoms with Gasteiger partial charge < -0.3 is 20.4 Å². The van der Waals surface area contributed by atoms with Crippen LogP contribution in [0.15, 0.2) is 78.0 Å². The molecule has 1 saturated carbocycles. The molecule has 0 spiro atoms. The summed E-state index contributed by atoms with van der Waals surface area (Å²) in [6, 6.07) is 18.9. The molecule has 1 aromatic heterocycles. The van der Waals surface area contributed by atoms with Crippen molar-refractivity contribution in [2.24, 2.45) is 10.9 Å². The third-order valence-corrected chi connectivity index (χ3v) is 7.64. The lowest BCUT2D eigenvalue weighted by atomic mass is 9.80. The van der Waals surface area contributed by atoms with Gasteiger partial charge in [0.2, 0.25) is 5.91 Å². The number of aliphatic imine (C=N–C) groups is 1. The predicted octanol–water partition coefficient (Wildman–Crippen LogP) is 2.52. The monoisotopic (exact) mass is 477 g/mol. The number of hydrogen-bond acceptors (Lipinski definition) is 7. The summed E-state index contributed by atoms with van der Waals surface area (Å²) in [4.78, 5) is 19.7. The number of amidine groups is 1. The number of nitrogens with zero attached hydrogens (tertiary/aromatic N) is 4. The van der Waals surface area contributed by atoms with Gasteiger partial charge in [-0.2, -0.15) is 5.10 Å². The number of carbonyl (C=O) groups excluding carboxylic acids is 1. The van der Waals surface area contributed by atoms with Gasteiger partial charge in [-0.05, 0) is 42.3 Å². The van der Waals surface area contributed by atoms with Crippen LogP contribution in [0, 0.1) is 5.92 Å². The smallest absolute Gasteiger partial charge is 0.227 e. The molecular weight excluding hydrogens is 450 g/mol. The first kappa shape index (κ1) is 22.6. The van der Waals surface area contributed by atoms with E-state index < -0.39 is 24.2 Å². The lowest BCUT2D eigenvalue weighted by Crippen LogP contribution is -2.54. The van der Waals surface area contributed by atoms with Gasteiger partial charge in [0.1, 0.15) is 6.10 Å². The van der Waals surface area contributed by atoms with Crippen LogP contribution in [0.5, 0.6) is 0 Å². The maximum absolute atomic E-state index is 13.4. The summed E-state index contributed by atoms with van der Waals surface area (Å²) in [5.41, 5.74) is 2.83. The number of nitrogens with one attached hydrogen (secondary N) is 1. The Kier molecular flexibility index (Phi) is 6.40. The van der Waals surface area contributed by atoms with E-state index in [2.05, 4.69) is 15.4 Å². The van der Waals surface area contributed by atoms with Gasteiger partial charge >= 0.3 is 0 Å². The SMILES string of the molecule is CN(Cc1ccccc1)C(=O)[C@@H]1C[C@@H](O)[C@H](O)[C@H]2N=C(Nc3ccc(-n4cccn4)cc3)S[C@@H]21. The lowest BCUT2D eigenvalue weighted by Gasteiger charge is -2.38. The molecule has 5 atom stereocenters. The van der Waals surface area contributed by atoms with Gasteiger partial charge in [0.15, 0.2) is 5.17 Å². The van der Waals surface area contributed by atoms with Crippen LogP contribution in [0.25, 0.3) is 5.69 Å². The second-order valence-electron chi connectivity index (χ2n) is 8.71. The van der Waals surface area contributed by atoms with E-state index in [4.69, 9.17) is 0 Å². The van der Waals surface area contributed by atoms with Crippen molar-refractivity contribution in [1.82, 2.24) is 14.7 Å². The molecule has 9 heteroatoms. The molecule has 2 heterocycles. The molecule has 176 valence electrons. The zero-order valence-electron chi connectivity index (χ0n) is 18.7. The Morgan fingerprint density at radius 1 is 1.15 bits per heavy atom. The molecule has 1 aliphatic heterocycles. The molecule has 5 rings (SSSR count). The van der Waals surface area contributed by atoms with Crippen LogP contribution in [0.3, 0.4) is 0 Å². The summed E-state index contributed by atoms with van der Waals surface area (Å²) in [5, 5.41) is 29.0. The van der Waals surface area contributed by atoms with Crippen LogP contribution < -0.4 is 5.32 Å². The molecule has 2 aromatic carbocycles. The van der Waals surface area contributed by atoms with Crippen LogP contribution in [0.4, 0.5) is 5.69 Å². The van der Waals surface area contributed by atoms with Crippen LogP contribution in [0.1, 0.15) is 12.0 Å². The van der Waals surface area contributed by atoms with Crippen LogP contribution in [0.2, 0.25) is 0 Å². The maximum atomic E-state index is 13.4. The molecule has 0 bridgehead atoms. The van der Waals surface area contributed by atoms with E-state index in [1.165, 1.54) is 11.8 Å². The minimum Gasteiger partial charge on any atom is -0.390 e. The molecule has 1 aliphatic carbocycles. The first-order valence-electron chi connectivity index (χ1n) is 11.3. The van der Waals surface area contributed by atoms with E-state index in [0.717, 1.165) is 16.9 Å². The number of amides is 1. The van der Waals surface area contributed by atoms with Gasteiger partial charge in [0, 0.05) is 36.9 Å². The van der Waals surface area contributed by atoms with E-state index >= 15 is 0 Å². The Balaban J connectivity index is 1.28. The summed E-state index contributed by atoms with van der Waals surface area (Å²) >= 11 is 1.46. The van der Waals surface area contributed by atoms with Crippen molar-refractivity contribution in [2.75, 3.05) is 12.4 Å². The van der Waals surface area contributed by atoms with Crippen molar-refractivity contribution >= 4 is 28.5 Å². The molecule has 0 unspecified atom stereocenters. The quantitative estimate of drug-likeness (QED) is 0.522. The number of thioether (sulfide) groups is 1. The molecule has 1 amide bonds. The van der Waals surface area contributed by atoms with Gasteiger partial charge in [0.25, 0.3) is 0 Å². The largest absolute Gasteiger partial charge is 0.390 e. The Labute approximate surface area is 202 Å². The van der Waals surface area contributed by atoms with Crippen LogP contribution in [-0.2, 0) is 11.3 Å². The highest BCUT2D eigenvalue weighted by atomic mass is 32.2. The highest BCUT2D eigenvalue weighted by Gasteiger charge is 2.50. The summed E-state index contributed by atoms with van der Waals surface area (Å²) in [6.45, 7) is 0.492. The minimum atomic E-state index is -0.998. The van der Waals surface area contributed by atoms with Crippen molar-refractivity contribution in [3.63, 3.8) is 0 Å². The van der Waals surface area contributed by atoms with Gasteiger partial charge in [-0.25, -0.2) is 4.68 Å². The number of fused-ring (bicyclic) bond motifs is 1. The summed E-state index contributed by atoms with van der Waals surface area (Å²) in [5.74, 6) is -0.482. The molecule has 0 saturated heterocycles. The van der Waals surface area contributed by atoms with Crippen molar-refractivity contribution < 1.29 is 15.0 Å². The third kappa shape index (κ3) is 4.59. The second-order valence-corrected chi connectivity index (χ2v) is 9.88. The van der Waals surface area contributed by atoms with Crippen LogP contribution in [-0.4, -0.2) is 66.5 Å². The molecule has 8 nitrogen and oxygen atoms in total. The van der Waals surface area contributed by atoms with E-state index in [0.29, 0.717) is 11.7 Å². The Morgan fingerprint density at radius 2 is 1.91 bits per heavy atom. The maximum Gasteiger partial charge on any atom is 0.227 e. The van der Waals surface area contributed by atoms with E-state index in [9.17, 15) is 15.0 Å². The fourth-order valence-corrected chi connectivity index (χ4v) is 5.92. The molecule has 1 fully saturated rings. The minimum absolute atomic E-state index is 0.0441. The number of rotatable bonds is 5. The molecule has 3 N–H and O–H groups in total. The normalized spacial score (nSPS) is 26.0. The summed E-state index contributed by atoms with van der Waals surface area (Å²) in [7, 11) is 1.78. The number of anilines is 1. The number of aromatic nitrogens is 2. The zero-order valence-corrected chi connectivity index (χ0v) is 19.5. The Hall–Kier alpha value is -3.14. The van der Waals surface area contributed by atoms with Crippen molar-refractivity contribution in [3.8, 4) is 5.69 Å². The highest BCUT2D eigenvalue weighted by Crippen LogP contribution is 2.42. The second kappa shape index (κ2) is 9.61. The first-order chi connectivity index (χ1) is 16.5. The highest BCUT2D eigenvalue weighted by molar-refractivity contribution is 8.15. The average Bonchev–Trinajstić information content (AvgIpc) is 3.53. The van der Waals surface area contributed by atoms with Crippen LogP contribution >= 0.6 is 11.8 Å².